The second-order valence-electron chi connectivity index (χ2n) is 2.16. The third-order valence-corrected chi connectivity index (χ3v) is 1.33. The summed E-state index contributed by atoms with van der Waals surface area (Å²) in [4.78, 5) is 20.9. The lowest BCUT2D eigenvalue weighted by Crippen LogP contribution is -2.16. The van der Waals surface area contributed by atoms with Gasteiger partial charge in [0, 0.05) is 13.0 Å². The largest absolute Gasteiger partial charge is 0.503 e. The normalized spacial score (nSPS) is 15.0. The first-order valence-electron chi connectivity index (χ1n) is 3.42. The number of likely N-dealkylation sites (tertiary alicyclic amines) is 1. The van der Waals surface area contributed by atoms with Crippen LogP contribution in [0.2, 0.25) is 0 Å². The standard InChI is InChI=1S/C6H9NO.CH2O3/c1-2-7-5-3-4-6(7)8;2-1(3)4/h2H,1,3-5H2;(H2,2,3,4). The number of amides is 1. The Bertz CT molecular complexity index is 186. The van der Waals surface area contributed by atoms with Crippen molar-refractivity contribution in [2.45, 2.75) is 12.8 Å². The van der Waals surface area contributed by atoms with Gasteiger partial charge in [0.25, 0.3) is 0 Å². The fourth-order valence-electron chi connectivity index (χ4n) is 0.862. The average molecular weight is 173 g/mol. The molecule has 0 atom stereocenters. The summed E-state index contributed by atoms with van der Waals surface area (Å²) >= 11 is 0. The molecule has 2 N–H and O–H groups in total. The maximum absolute atomic E-state index is 10.7. The van der Waals surface area contributed by atoms with Crippen molar-refractivity contribution in [2.75, 3.05) is 6.54 Å². The second kappa shape index (κ2) is 5.17. The van der Waals surface area contributed by atoms with E-state index in [4.69, 9.17) is 15.0 Å². The van der Waals surface area contributed by atoms with Crippen molar-refractivity contribution in [1.82, 2.24) is 4.90 Å². The smallest absolute Gasteiger partial charge is 0.450 e. The molecule has 1 aliphatic rings. The summed E-state index contributed by atoms with van der Waals surface area (Å²) < 4.78 is 0. The molecule has 1 fully saturated rings. The van der Waals surface area contributed by atoms with E-state index in [1.165, 1.54) is 0 Å². The number of rotatable bonds is 1. The highest BCUT2D eigenvalue weighted by molar-refractivity contribution is 5.78. The number of nitrogens with zero attached hydrogens (tertiary/aromatic N) is 1. The van der Waals surface area contributed by atoms with E-state index in [1.807, 2.05) is 0 Å². The van der Waals surface area contributed by atoms with Gasteiger partial charge in [-0.3, -0.25) is 4.79 Å². The SMILES string of the molecule is C=CN1CCCC1=O.O=C(O)O. The molecule has 0 saturated carbocycles. The van der Waals surface area contributed by atoms with Gasteiger partial charge in [0.2, 0.25) is 5.91 Å². The predicted octanol–water partition coefficient (Wildman–Crippen LogP) is 0.975. The molecule has 5 heteroatoms. The Morgan fingerprint density at radius 1 is 1.58 bits per heavy atom. The minimum Gasteiger partial charge on any atom is -0.450 e. The van der Waals surface area contributed by atoms with Gasteiger partial charge in [-0.15, -0.1) is 0 Å². The van der Waals surface area contributed by atoms with Crippen molar-refractivity contribution in [2.24, 2.45) is 0 Å². The Balaban J connectivity index is 0.000000261. The molecule has 1 heterocycles. The lowest BCUT2D eigenvalue weighted by molar-refractivity contribution is -0.125. The van der Waals surface area contributed by atoms with Crippen LogP contribution < -0.4 is 0 Å². The van der Waals surface area contributed by atoms with Crippen LogP contribution in [0.15, 0.2) is 12.8 Å². The van der Waals surface area contributed by atoms with Crippen molar-refractivity contribution < 1.29 is 19.8 Å². The molecule has 1 saturated heterocycles. The van der Waals surface area contributed by atoms with Crippen LogP contribution in [0.3, 0.4) is 0 Å². The van der Waals surface area contributed by atoms with Crippen LogP contribution in [0.4, 0.5) is 4.79 Å². The van der Waals surface area contributed by atoms with Crippen molar-refractivity contribution >= 4 is 12.1 Å². The molecule has 0 aliphatic carbocycles. The van der Waals surface area contributed by atoms with E-state index >= 15 is 0 Å². The monoisotopic (exact) mass is 173 g/mol. The topological polar surface area (TPSA) is 77.8 Å². The molecular formula is C7H11NO4. The minimum atomic E-state index is -1.83. The van der Waals surface area contributed by atoms with Gasteiger partial charge in [0.1, 0.15) is 0 Å². The number of hydrogen-bond acceptors (Lipinski definition) is 2. The molecule has 0 aromatic carbocycles. The summed E-state index contributed by atoms with van der Waals surface area (Å²) in [7, 11) is 0. The third kappa shape index (κ3) is 4.32. The molecule has 0 spiro atoms. The molecule has 1 amide bonds. The Kier molecular flexibility index (Phi) is 4.52. The molecule has 0 bridgehead atoms. The fourth-order valence-corrected chi connectivity index (χ4v) is 0.862. The van der Waals surface area contributed by atoms with Gasteiger partial charge in [-0.1, -0.05) is 6.58 Å². The molecule has 0 aromatic rings. The van der Waals surface area contributed by atoms with E-state index in [0.717, 1.165) is 13.0 Å². The van der Waals surface area contributed by atoms with Crippen molar-refractivity contribution in [3.05, 3.63) is 12.8 Å². The fraction of sp³-hybridized carbons (Fsp3) is 0.429. The zero-order chi connectivity index (χ0) is 9.56. The lowest BCUT2D eigenvalue weighted by atomic mass is 10.4. The highest BCUT2D eigenvalue weighted by Gasteiger charge is 2.15. The van der Waals surface area contributed by atoms with Crippen LogP contribution in [0.25, 0.3) is 0 Å². The van der Waals surface area contributed by atoms with E-state index in [1.54, 1.807) is 11.1 Å². The Morgan fingerprint density at radius 2 is 2.08 bits per heavy atom. The summed E-state index contributed by atoms with van der Waals surface area (Å²) in [5.74, 6) is 0.208. The first-order valence-corrected chi connectivity index (χ1v) is 3.42. The maximum atomic E-state index is 10.7. The van der Waals surface area contributed by atoms with Crippen LogP contribution in [0, 0.1) is 0 Å². The van der Waals surface area contributed by atoms with Crippen LogP contribution in [-0.2, 0) is 4.79 Å². The van der Waals surface area contributed by atoms with Gasteiger partial charge in [-0.25, -0.2) is 4.79 Å². The van der Waals surface area contributed by atoms with E-state index in [-0.39, 0.29) is 5.91 Å². The second-order valence-corrected chi connectivity index (χ2v) is 2.16. The number of carbonyl (C=O) groups excluding carboxylic acids is 1. The quantitative estimate of drug-likeness (QED) is 0.619. The Morgan fingerprint density at radius 3 is 2.25 bits per heavy atom. The molecule has 0 aromatic heterocycles. The predicted molar refractivity (Wildman–Crippen MR) is 41.8 cm³/mol. The zero-order valence-electron chi connectivity index (χ0n) is 6.56. The molecule has 5 nitrogen and oxygen atoms in total. The number of carboxylic acid groups (broad SMARTS) is 2. The van der Waals surface area contributed by atoms with Crippen LogP contribution >= 0.6 is 0 Å². The highest BCUT2D eigenvalue weighted by Crippen LogP contribution is 2.08. The van der Waals surface area contributed by atoms with Crippen molar-refractivity contribution in [3.63, 3.8) is 0 Å². The maximum Gasteiger partial charge on any atom is 0.503 e. The van der Waals surface area contributed by atoms with E-state index in [0.29, 0.717) is 6.42 Å². The third-order valence-electron chi connectivity index (χ3n) is 1.33. The van der Waals surface area contributed by atoms with Gasteiger partial charge >= 0.3 is 6.16 Å². The van der Waals surface area contributed by atoms with Crippen molar-refractivity contribution in [3.8, 4) is 0 Å². The number of hydrogen-bond donors (Lipinski definition) is 2. The Labute approximate surface area is 69.9 Å². The first-order chi connectivity index (χ1) is 5.57. The first kappa shape index (κ1) is 10.5. The summed E-state index contributed by atoms with van der Waals surface area (Å²) in [5, 5.41) is 13.9. The lowest BCUT2D eigenvalue weighted by Gasteiger charge is -2.05. The average Bonchev–Trinajstić information content (AvgIpc) is 2.33. The summed E-state index contributed by atoms with van der Waals surface area (Å²) in [6.07, 6.45) is 1.45. The van der Waals surface area contributed by atoms with Crippen LogP contribution in [0.1, 0.15) is 12.8 Å². The molecular weight excluding hydrogens is 162 g/mol. The summed E-state index contributed by atoms with van der Waals surface area (Å²) in [6.45, 7) is 4.36. The summed E-state index contributed by atoms with van der Waals surface area (Å²) in [5.41, 5.74) is 0. The van der Waals surface area contributed by atoms with Gasteiger partial charge < -0.3 is 15.1 Å². The van der Waals surface area contributed by atoms with Crippen LogP contribution in [-0.4, -0.2) is 33.7 Å². The zero-order valence-corrected chi connectivity index (χ0v) is 6.56. The van der Waals surface area contributed by atoms with Gasteiger partial charge in [0.05, 0.1) is 0 Å². The highest BCUT2D eigenvalue weighted by atomic mass is 16.6. The minimum absolute atomic E-state index is 0.208. The van der Waals surface area contributed by atoms with E-state index in [9.17, 15) is 4.79 Å². The molecule has 0 radical (unpaired) electrons. The molecule has 12 heavy (non-hydrogen) atoms. The molecule has 1 rings (SSSR count). The Hall–Kier alpha value is -1.52. The van der Waals surface area contributed by atoms with Gasteiger partial charge in [-0.2, -0.15) is 0 Å². The van der Waals surface area contributed by atoms with E-state index in [2.05, 4.69) is 6.58 Å². The summed E-state index contributed by atoms with van der Waals surface area (Å²) in [6, 6.07) is 0. The molecule has 1 aliphatic heterocycles. The number of carbonyl (C=O) groups is 2. The molecule has 68 valence electrons. The van der Waals surface area contributed by atoms with Gasteiger partial charge in [0.15, 0.2) is 0 Å². The molecule has 0 unspecified atom stereocenters. The van der Waals surface area contributed by atoms with Gasteiger partial charge in [-0.05, 0) is 12.6 Å². The van der Waals surface area contributed by atoms with Crippen molar-refractivity contribution in [1.29, 1.82) is 0 Å². The van der Waals surface area contributed by atoms with Crippen LogP contribution in [0.5, 0.6) is 0 Å². The van der Waals surface area contributed by atoms with E-state index < -0.39 is 6.16 Å².